The number of piperazine rings is 1. The number of hydrogen-bond acceptors (Lipinski definition) is 3. The normalized spacial score (nSPS) is 14.6. The molecule has 1 saturated heterocycles. The van der Waals surface area contributed by atoms with E-state index < -0.39 is 0 Å². The van der Waals surface area contributed by atoms with E-state index in [0.717, 1.165) is 13.1 Å². The summed E-state index contributed by atoms with van der Waals surface area (Å²) in [5.74, 6) is 0.0169. The Kier molecular flexibility index (Phi) is 4.95. The van der Waals surface area contributed by atoms with Crippen LogP contribution < -0.4 is 9.80 Å². The average Bonchev–Trinajstić information content (AvgIpc) is 2.62. The van der Waals surface area contributed by atoms with Crippen molar-refractivity contribution in [3.63, 3.8) is 0 Å². The second-order valence-corrected chi connectivity index (χ2v) is 6.58. The van der Waals surface area contributed by atoms with Crippen LogP contribution in [0, 0.1) is 0 Å². The van der Waals surface area contributed by atoms with Gasteiger partial charge in [0.05, 0.1) is 10.6 Å². The van der Waals surface area contributed by atoms with Gasteiger partial charge in [-0.1, -0.05) is 23.7 Å². The lowest BCUT2D eigenvalue weighted by molar-refractivity contribution is 0.0747. The molecule has 1 heterocycles. The zero-order valence-electron chi connectivity index (χ0n) is 14.1. The van der Waals surface area contributed by atoms with Crippen LogP contribution in [0.15, 0.2) is 48.5 Å². The number of rotatable bonds is 3. The van der Waals surface area contributed by atoms with Gasteiger partial charge in [-0.3, -0.25) is 4.79 Å². The monoisotopic (exact) mass is 343 g/mol. The standard InChI is InChI=1S/C19H22ClN3O/c1-21(2)15-7-9-16(10-8-15)22-11-13-23(14-12-22)19(24)17-5-3-4-6-18(17)20/h3-10H,11-14H2,1-2H3. The van der Waals surface area contributed by atoms with Crippen LogP contribution in [-0.4, -0.2) is 51.1 Å². The van der Waals surface area contributed by atoms with E-state index in [1.807, 2.05) is 31.1 Å². The van der Waals surface area contributed by atoms with Gasteiger partial charge in [-0.05, 0) is 36.4 Å². The summed E-state index contributed by atoms with van der Waals surface area (Å²) in [5, 5.41) is 0.518. The van der Waals surface area contributed by atoms with Gasteiger partial charge in [0.25, 0.3) is 5.91 Å². The SMILES string of the molecule is CN(C)c1ccc(N2CCN(C(=O)c3ccccc3Cl)CC2)cc1. The van der Waals surface area contributed by atoms with Crippen LogP contribution >= 0.6 is 11.6 Å². The Hall–Kier alpha value is -2.20. The van der Waals surface area contributed by atoms with Crippen molar-refractivity contribution in [2.45, 2.75) is 0 Å². The van der Waals surface area contributed by atoms with Crippen LogP contribution in [0.1, 0.15) is 10.4 Å². The van der Waals surface area contributed by atoms with E-state index in [-0.39, 0.29) is 5.91 Å². The summed E-state index contributed by atoms with van der Waals surface area (Å²) in [6, 6.07) is 15.8. The van der Waals surface area contributed by atoms with Crippen LogP contribution in [0.4, 0.5) is 11.4 Å². The van der Waals surface area contributed by atoms with E-state index in [1.165, 1.54) is 11.4 Å². The first kappa shape index (κ1) is 16.7. The number of carbonyl (C=O) groups is 1. The number of halogens is 1. The minimum absolute atomic E-state index is 0.0169. The minimum atomic E-state index is 0.0169. The second-order valence-electron chi connectivity index (χ2n) is 6.17. The van der Waals surface area contributed by atoms with E-state index >= 15 is 0 Å². The summed E-state index contributed by atoms with van der Waals surface area (Å²) in [7, 11) is 4.07. The number of carbonyl (C=O) groups excluding carboxylic acids is 1. The third kappa shape index (κ3) is 3.49. The van der Waals surface area contributed by atoms with Gasteiger partial charge < -0.3 is 14.7 Å². The first-order valence-electron chi connectivity index (χ1n) is 8.12. The maximum Gasteiger partial charge on any atom is 0.255 e. The Morgan fingerprint density at radius 2 is 1.58 bits per heavy atom. The van der Waals surface area contributed by atoms with Crippen molar-refractivity contribution in [3.8, 4) is 0 Å². The second kappa shape index (κ2) is 7.14. The van der Waals surface area contributed by atoms with Crippen LogP contribution in [-0.2, 0) is 0 Å². The minimum Gasteiger partial charge on any atom is -0.378 e. The van der Waals surface area contributed by atoms with Crippen molar-refractivity contribution < 1.29 is 4.79 Å². The van der Waals surface area contributed by atoms with Crippen LogP contribution in [0.2, 0.25) is 5.02 Å². The molecule has 0 bridgehead atoms. The molecule has 0 radical (unpaired) electrons. The maximum atomic E-state index is 12.6. The van der Waals surface area contributed by atoms with Gasteiger partial charge in [0.1, 0.15) is 0 Å². The summed E-state index contributed by atoms with van der Waals surface area (Å²) in [4.78, 5) is 18.9. The van der Waals surface area contributed by atoms with Crippen molar-refractivity contribution in [1.29, 1.82) is 0 Å². The van der Waals surface area contributed by atoms with Crippen LogP contribution in [0.5, 0.6) is 0 Å². The fourth-order valence-corrected chi connectivity index (χ4v) is 3.15. The van der Waals surface area contributed by atoms with Crippen LogP contribution in [0.25, 0.3) is 0 Å². The first-order valence-corrected chi connectivity index (χ1v) is 8.50. The van der Waals surface area contributed by atoms with E-state index in [0.29, 0.717) is 23.7 Å². The molecule has 0 N–H and O–H groups in total. The zero-order valence-corrected chi connectivity index (χ0v) is 14.8. The smallest absolute Gasteiger partial charge is 0.255 e. The molecule has 5 heteroatoms. The largest absolute Gasteiger partial charge is 0.378 e. The Bertz CT molecular complexity index is 707. The van der Waals surface area contributed by atoms with E-state index in [9.17, 15) is 4.79 Å². The number of hydrogen-bond donors (Lipinski definition) is 0. The molecule has 2 aromatic carbocycles. The summed E-state index contributed by atoms with van der Waals surface area (Å²) >= 11 is 6.14. The molecule has 24 heavy (non-hydrogen) atoms. The van der Waals surface area contributed by atoms with Crippen molar-refractivity contribution in [2.24, 2.45) is 0 Å². The topological polar surface area (TPSA) is 26.8 Å². The molecule has 4 nitrogen and oxygen atoms in total. The highest BCUT2D eigenvalue weighted by Gasteiger charge is 2.23. The molecule has 0 atom stereocenters. The van der Waals surface area contributed by atoms with Crippen LogP contribution in [0.3, 0.4) is 0 Å². The molecule has 0 aromatic heterocycles. The van der Waals surface area contributed by atoms with E-state index in [2.05, 4.69) is 34.1 Å². The summed E-state index contributed by atoms with van der Waals surface area (Å²) < 4.78 is 0. The Morgan fingerprint density at radius 1 is 0.958 bits per heavy atom. The van der Waals surface area contributed by atoms with E-state index in [4.69, 9.17) is 11.6 Å². The third-order valence-electron chi connectivity index (χ3n) is 4.40. The lowest BCUT2D eigenvalue weighted by Gasteiger charge is -2.36. The molecule has 2 aromatic rings. The number of benzene rings is 2. The van der Waals surface area contributed by atoms with Gasteiger partial charge in [-0.2, -0.15) is 0 Å². The molecule has 3 rings (SSSR count). The molecular weight excluding hydrogens is 322 g/mol. The highest BCUT2D eigenvalue weighted by molar-refractivity contribution is 6.33. The van der Waals surface area contributed by atoms with E-state index in [1.54, 1.807) is 12.1 Å². The molecule has 0 unspecified atom stereocenters. The predicted octanol–water partition coefficient (Wildman–Crippen LogP) is 3.37. The van der Waals surface area contributed by atoms with Gasteiger partial charge in [-0.25, -0.2) is 0 Å². The third-order valence-corrected chi connectivity index (χ3v) is 4.73. The Morgan fingerprint density at radius 3 is 2.17 bits per heavy atom. The van der Waals surface area contributed by atoms with Crippen molar-refractivity contribution in [1.82, 2.24) is 4.90 Å². The highest BCUT2D eigenvalue weighted by Crippen LogP contribution is 2.22. The summed E-state index contributed by atoms with van der Waals surface area (Å²) in [6.45, 7) is 3.08. The Labute approximate surface area is 148 Å². The molecule has 1 aliphatic rings. The van der Waals surface area contributed by atoms with Gasteiger partial charge in [-0.15, -0.1) is 0 Å². The van der Waals surface area contributed by atoms with Crippen molar-refractivity contribution in [2.75, 3.05) is 50.1 Å². The Balaban J connectivity index is 1.63. The van der Waals surface area contributed by atoms with Gasteiger partial charge >= 0.3 is 0 Å². The molecule has 0 saturated carbocycles. The molecule has 0 aliphatic carbocycles. The fraction of sp³-hybridized carbons (Fsp3) is 0.316. The average molecular weight is 344 g/mol. The zero-order chi connectivity index (χ0) is 17.1. The number of nitrogens with zero attached hydrogens (tertiary/aromatic N) is 3. The van der Waals surface area contributed by atoms with Crippen molar-refractivity contribution >= 4 is 28.9 Å². The highest BCUT2D eigenvalue weighted by atomic mass is 35.5. The first-order chi connectivity index (χ1) is 11.6. The van der Waals surface area contributed by atoms with Gasteiger partial charge in [0, 0.05) is 51.6 Å². The molecule has 0 spiro atoms. The van der Waals surface area contributed by atoms with Gasteiger partial charge in [0.2, 0.25) is 0 Å². The lowest BCUT2D eigenvalue weighted by Crippen LogP contribution is -2.48. The molecule has 1 aliphatic heterocycles. The number of amides is 1. The quantitative estimate of drug-likeness (QED) is 0.855. The molecule has 126 valence electrons. The molecular formula is C19H22ClN3O. The fourth-order valence-electron chi connectivity index (χ4n) is 2.93. The lowest BCUT2D eigenvalue weighted by atomic mass is 10.1. The number of anilines is 2. The maximum absolute atomic E-state index is 12.6. The van der Waals surface area contributed by atoms with Gasteiger partial charge in [0.15, 0.2) is 0 Å². The molecule has 1 fully saturated rings. The summed E-state index contributed by atoms with van der Waals surface area (Å²) in [5.41, 5.74) is 2.97. The summed E-state index contributed by atoms with van der Waals surface area (Å²) in [6.07, 6.45) is 0. The van der Waals surface area contributed by atoms with Crippen molar-refractivity contribution in [3.05, 3.63) is 59.1 Å². The predicted molar refractivity (Wildman–Crippen MR) is 100 cm³/mol. The molecule has 1 amide bonds.